The number of alkyl halides is 3. The van der Waals surface area contributed by atoms with Crippen LogP contribution in [0.3, 0.4) is 0 Å². The van der Waals surface area contributed by atoms with Gasteiger partial charge in [-0.05, 0) is 37.5 Å². The largest absolute Gasteiger partial charge is 0.416 e. The third kappa shape index (κ3) is 4.64. The molecule has 0 spiro atoms. The number of hydrogen-bond acceptors (Lipinski definition) is 3. The minimum absolute atomic E-state index is 0.194. The van der Waals surface area contributed by atoms with Crippen LogP contribution in [0.25, 0.3) is 11.0 Å². The van der Waals surface area contributed by atoms with E-state index in [2.05, 4.69) is 4.98 Å². The Morgan fingerprint density at radius 2 is 2.00 bits per heavy atom. The van der Waals surface area contributed by atoms with Crippen LogP contribution < -0.4 is 0 Å². The molecule has 2 rings (SSSR count). The van der Waals surface area contributed by atoms with Gasteiger partial charge in [0.2, 0.25) is 0 Å². The first-order valence-corrected chi connectivity index (χ1v) is 8.77. The fourth-order valence-electron chi connectivity index (χ4n) is 2.38. The Kier molecular flexibility index (Phi) is 6.35. The number of aliphatic hydroxyl groups excluding tert-OH is 1. The summed E-state index contributed by atoms with van der Waals surface area (Å²) >= 11 is 1.57. The van der Waals surface area contributed by atoms with Gasteiger partial charge in [0, 0.05) is 18.9 Å². The lowest BCUT2D eigenvalue weighted by Gasteiger charge is -2.09. The smallest absolute Gasteiger partial charge is 0.396 e. The maximum absolute atomic E-state index is 12.9. The van der Waals surface area contributed by atoms with Crippen LogP contribution in [-0.2, 0) is 12.7 Å². The Balaban J connectivity index is 2.24. The fourth-order valence-corrected chi connectivity index (χ4v) is 3.42. The molecule has 0 aliphatic heterocycles. The van der Waals surface area contributed by atoms with Crippen molar-refractivity contribution in [3.8, 4) is 0 Å². The highest BCUT2D eigenvalue weighted by Crippen LogP contribution is 2.33. The molecule has 0 atom stereocenters. The molecule has 0 aliphatic rings. The third-order valence-corrected chi connectivity index (χ3v) is 4.58. The van der Waals surface area contributed by atoms with Crippen LogP contribution in [0.1, 0.15) is 38.2 Å². The van der Waals surface area contributed by atoms with Gasteiger partial charge < -0.3 is 9.67 Å². The van der Waals surface area contributed by atoms with Gasteiger partial charge in [0.15, 0.2) is 5.16 Å². The summed E-state index contributed by atoms with van der Waals surface area (Å²) in [5.41, 5.74) is 0.505. The minimum atomic E-state index is -4.34. The number of halogens is 3. The van der Waals surface area contributed by atoms with Gasteiger partial charge in [-0.2, -0.15) is 13.2 Å². The summed E-state index contributed by atoms with van der Waals surface area (Å²) < 4.78 is 40.6. The Morgan fingerprint density at radius 1 is 1.22 bits per heavy atom. The molecular weight excluding hydrogens is 325 g/mol. The highest BCUT2D eigenvalue weighted by Gasteiger charge is 2.31. The molecule has 0 aliphatic carbocycles. The topological polar surface area (TPSA) is 38.0 Å². The average molecular weight is 346 g/mol. The molecule has 0 radical (unpaired) electrons. The van der Waals surface area contributed by atoms with E-state index in [0.717, 1.165) is 42.7 Å². The molecule has 1 aromatic heterocycles. The molecule has 0 amide bonds. The van der Waals surface area contributed by atoms with Crippen LogP contribution in [0, 0.1) is 0 Å². The molecule has 1 heterocycles. The van der Waals surface area contributed by atoms with E-state index in [9.17, 15) is 13.2 Å². The van der Waals surface area contributed by atoms with E-state index in [1.165, 1.54) is 12.1 Å². The lowest BCUT2D eigenvalue weighted by atomic mass is 10.2. The first kappa shape index (κ1) is 18.1. The number of aryl methyl sites for hydroxylation is 1. The first-order valence-electron chi connectivity index (χ1n) is 7.78. The summed E-state index contributed by atoms with van der Waals surface area (Å²) in [6.45, 7) is 2.84. The molecule has 1 N–H and O–H groups in total. The number of thioether (sulfide) groups is 1. The zero-order valence-corrected chi connectivity index (χ0v) is 13.9. The van der Waals surface area contributed by atoms with Crippen molar-refractivity contribution in [3.05, 3.63) is 23.8 Å². The zero-order chi connectivity index (χ0) is 16.9. The highest BCUT2D eigenvalue weighted by atomic mass is 32.2. The summed E-state index contributed by atoms with van der Waals surface area (Å²) in [6, 6.07) is 3.72. The number of hydrogen-bond donors (Lipinski definition) is 1. The Morgan fingerprint density at radius 3 is 2.65 bits per heavy atom. The van der Waals surface area contributed by atoms with Crippen molar-refractivity contribution in [1.29, 1.82) is 0 Å². The van der Waals surface area contributed by atoms with Crippen molar-refractivity contribution in [2.75, 3.05) is 12.4 Å². The van der Waals surface area contributed by atoms with Crippen LogP contribution in [0.2, 0.25) is 0 Å². The van der Waals surface area contributed by atoms with Crippen molar-refractivity contribution in [2.45, 2.75) is 50.5 Å². The number of unbranched alkanes of at least 4 members (excludes halogenated alkanes) is 2. The summed E-state index contributed by atoms with van der Waals surface area (Å²) in [5, 5.41) is 9.54. The van der Waals surface area contributed by atoms with Gasteiger partial charge in [0.1, 0.15) is 0 Å². The van der Waals surface area contributed by atoms with E-state index >= 15 is 0 Å². The summed E-state index contributed by atoms with van der Waals surface area (Å²) in [4.78, 5) is 4.48. The van der Waals surface area contributed by atoms with Crippen LogP contribution >= 0.6 is 11.8 Å². The van der Waals surface area contributed by atoms with Gasteiger partial charge in [-0.15, -0.1) is 0 Å². The maximum Gasteiger partial charge on any atom is 0.416 e. The zero-order valence-electron chi connectivity index (χ0n) is 13.1. The second kappa shape index (κ2) is 8.06. The van der Waals surface area contributed by atoms with E-state index < -0.39 is 11.7 Å². The average Bonchev–Trinajstić information content (AvgIpc) is 2.84. The van der Waals surface area contributed by atoms with Crippen molar-refractivity contribution in [3.63, 3.8) is 0 Å². The Labute approximate surface area is 137 Å². The van der Waals surface area contributed by atoms with Gasteiger partial charge in [-0.3, -0.25) is 0 Å². The van der Waals surface area contributed by atoms with Crippen molar-refractivity contribution < 1.29 is 18.3 Å². The number of nitrogens with zero attached hydrogens (tertiary/aromatic N) is 2. The molecule has 0 unspecified atom stereocenters. The van der Waals surface area contributed by atoms with Gasteiger partial charge in [-0.1, -0.05) is 25.1 Å². The third-order valence-electron chi connectivity index (χ3n) is 3.52. The molecule has 2 aromatic rings. The quantitative estimate of drug-likeness (QED) is 0.555. The highest BCUT2D eigenvalue weighted by molar-refractivity contribution is 7.99. The molecule has 0 bridgehead atoms. The Hall–Kier alpha value is -1.21. The minimum Gasteiger partial charge on any atom is -0.396 e. The summed E-state index contributed by atoms with van der Waals surface area (Å²) in [5.74, 6) is 0.846. The molecule has 0 saturated heterocycles. The second-order valence-corrected chi connectivity index (χ2v) is 6.44. The number of aliphatic hydroxyl groups is 1. The second-order valence-electron chi connectivity index (χ2n) is 5.38. The summed E-state index contributed by atoms with van der Waals surface area (Å²) in [6.07, 6.45) is -0.835. The standard InChI is InChI=1S/C16H21F3N2OS/c1-2-8-21-14-11-12(16(17,18)19)6-7-13(14)20-15(21)23-10-5-3-4-9-22/h6-7,11,22H,2-5,8-10H2,1H3. The molecule has 7 heteroatoms. The van der Waals surface area contributed by atoms with Crippen LogP contribution in [0.15, 0.2) is 23.4 Å². The van der Waals surface area contributed by atoms with Crippen LogP contribution in [0.4, 0.5) is 13.2 Å². The van der Waals surface area contributed by atoms with Crippen LogP contribution in [0.5, 0.6) is 0 Å². The SMILES string of the molecule is CCCn1c(SCCCCCO)nc2ccc(C(F)(F)F)cc21. The molecule has 23 heavy (non-hydrogen) atoms. The van der Waals surface area contributed by atoms with Crippen molar-refractivity contribution in [1.82, 2.24) is 9.55 Å². The number of aromatic nitrogens is 2. The van der Waals surface area contributed by atoms with Gasteiger partial charge >= 0.3 is 6.18 Å². The molecule has 1 aromatic carbocycles. The van der Waals surface area contributed by atoms with Gasteiger partial charge in [0.25, 0.3) is 0 Å². The normalized spacial score (nSPS) is 12.2. The monoisotopic (exact) mass is 346 g/mol. The van der Waals surface area contributed by atoms with E-state index in [4.69, 9.17) is 5.11 Å². The lowest BCUT2D eigenvalue weighted by Crippen LogP contribution is -2.05. The van der Waals surface area contributed by atoms with E-state index in [1.807, 2.05) is 11.5 Å². The number of imidazole rings is 1. The number of rotatable bonds is 8. The maximum atomic E-state index is 12.9. The predicted molar refractivity (Wildman–Crippen MR) is 86.7 cm³/mol. The molecule has 0 saturated carbocycles. The molecule has 0 fully saturated rings. The number of benzene rings is 1. The molecule has 128 valence electrons. The fraction of sp³-hybridized carbons (Fsp3) is 0.562. The van der Waals surface area contributed by atoms with E-state index in [0.29, 0.717) is 17.6 Å². The van der Waals surface area contributed by atoms with Gasteiger partial charge in [-0.25, -0.2) is 4.98 Å². The van der Waals surface area contributed by atoms with Crippen molar-refractivity contribution >= 4 is 22.8 Å². The number of fused-ring (bicyclic) bond motifs is 1. The van der Waals surface area contributed by atoms with Gasteiger partial charge in [0.05, 0.1) is 16.6 Å². The van der Waals surface area contributed by atoms with Crippen molar-refractivity contribution in [2.24, 2.45) is 0 Å². The Bertz CT molecular complexity index is 640. The summed E-state index contributed by atoms with van der Waals surface area (Å²) in [7, 11) is 0. The van der Waals surface area contributed by atoms with E-state index in [1.54, 1.807) is 11.8 Å². The van der Waals surface area contributed by atoms with Crippen LogP contribution in [-0.4, -0.2) is 27.0 Å². The molecular formula is C16H21F3N2OS. The first-order chi connectivity index (χ1) is 11.0. The molecule has 3 nitrogen and oxygen atoms in total. The predicted octanol–water partition coefficient (Wildman–Crippen LogP) is 4.72. The lowest BCUT2D eigenvalue weighted by molar-refractivity contribution is -0.137. The van der Waals surface area contributed by atoms with E-state index in [-0.39, 0.29) is 6.61 Å².